The highest BCUT2D eigenvalue weighted by Crippen LogP contribution is 2.28. The van der Waals surface area contributed by atoms with Gasteiger partial charge in [0, 0.05) is 12.4 Å². The van der Waals surface area contributed by atoms with Crippen LogP contribution in [-0.2, 0) is 20.2 Å². The minimum absolute atomic E-state index is 0.446. The molecule has 6 nitrogen and oxygen atoms in total. The average molecular weight is 261 g/mol. The Kier molecular flexibility index (Phi) is 2.98. The van der Waals surface area contributed by atoms with Crippen LogP contribution in [-0.4, -0.2) is 23.7 Å². The second kappa shape index (κ2) is 4.65. The number of ether oxygens (including phenoxy) is 2. The van der Waals surface area contributed by atoms with Gasteiger partial charge in [-0.2, -0.15) is 0 Å². The Balaban J connectivity index is 2.10. The highest BCUT2D eigenvalue weighted by Gasteiger charge is 2.44. The smallest absolute Gasteiger partial charge is 0.325 e. The van der Waals surface area contributed by atoms with Crippen molar-refractivity contribution in [2.45, 2.75) is 12.3 Å². The Morgan fingerprint density at radius 3 is 2.32 bits per heavy atom. The van der Waals surface area contributed by atoms with Gasteiger partial charge < -0.3 is 9.47 Å². The molecule has 0 atom stereocenters. The molecule has 0 spiro atoms. The Morgan fingerprint density at radius 2 is 1.79 bits per heavy atom. The van der Waals surface area contributed by atoms with Gasteiger partial charge >= 0.3 is 11.8 Å². The topological polar surface area (TPSA) is 78.5 Å². The van der Waals surface area contributed by atoms with Gasteiger partial charge in [0.05, 0.1) is 13.2 Å². The molecule has 1 aliphatic heterocycles. The van der Waals surface area contributed by atoms with Crippen molar-refractivity contribution in [3.63, 3.8) is 0 Å². The molecule has 3 N–H and O–H groups in total. The minimum Gasteiger partial charge on any atom is -0.325 e. The number of hydrogen-bond acceptors (Lipinski definition) is 4. The number of hydrazine groups is 1. The molecule has 0 unspecified atom stereocenters. The van der Waals surface area contributed by atoms with E-state index in [4.69, 9.17) is 15.3 Å². The van der Waals surface area contributed by atoms with Crippen LogP contribution in [0.1, 0.15) is 6.42 Å². The summed E-state index contributed by atoms with van der Waals surface area (Å²) in [5.74, 6) is 3.22. The molecular weight excluding hydrogens is 246 g/mol. The molecule has 19 heavy (non-hydrogen) atoms. The van der Waals surface area contributed by atoms with Gasteiger partial charge in [0.2, 0.25) is 0 Å². The first-order valence-electron chi connectivity index (χ1n) is 6.12. The van der Waals surface area contributed by atoms with E-state index in [1.807, 2.05) is 36.7 Å². The molecule has 3 rings (SSSR count). The monoisotopic (exact) mass is 261 g/mol. The molecule has 1 saturated heterocycles. The zero-order valence-corrected chi connectivity index (χ0v) is 10.3. The standard InChI is InChI=1S/C13H15N3O3/c14-15-12(17)13(18-6-3-7-19-13)16-8-10-4-1-2-5-11(10)9-16/h1-2,4-5,8-9H,3,6-7,14H2,(H,15,17). The molecule has 2 aromatic rings. The van der Waals surface area contributed by atoms with Crippen LogP contribution in [0.5, 0.6) is 0 Å². The minimum atomic E-state index is -1.51. The third-order valence-corrected chi connectivity index (χ3v) is 3.19. The van der Waals surface area contributed by atoms with Crippen LogP contribution >= 0.6 is 0 Å². The molecule has 0 saturated carbocycles. The average Bonchev–Trinajstić information content (AvgIpc) is 2.91. The fraction of sp³-hybridized carbons (Fsp3) is 0.308. The van der Waals surface area contributed by atoms with Crippen molar-refractivity contribution in [3.8, 4) is 0 Å². The molecule has 2 heterocycles. The summed E-state index contributed by atoms with van der Waals surface area (Å²) in [4.78, 5) is 12.1. The van der Waals surface area contributed by atoms with Crippen molar-refractivity contribution < 1.29 is 14.3 Å². The van der Waals surface area contributed by atoms with E-state index < -0.39 is 11.8 Å². The molecule has 1 aromatic heterocycles. The van der Waals surface area contributed by atoms with Crippen molar-refractivity contribution in [2.24, 2.45) is 5.84 Å². The number of fused-ring (bicyclic) bond motifs is 1. The maximum absolute atomic E-state index is 12.1. The van der Waals surface area contributed by atoms with Crippen LogP contribution in [0.15, 0.2) is 36.7 Å². The molecule has 1 aliphatic rings. The third-order valence-electron chi connectivity index (χ3n) is 3.19. The number of hydrogen-bond donors (Lipinski definition) is 2. The molecule has 6 heteroatoms. The van der Waals surface area contributed by atoms with E-state index in [0.717, 1.165) is 17.2 Å². The molecule has 1 fully saturated rings. The SMILES string of the molecule is NNC(=O)C1(n2cc3ccccc3c2)OCCCO1. The fourth-order valence-corrected chi connectivity index (χ4v) is 2.26. The summed E-state index contributed by atoms with van der Waals surface area (Å²) in [6.45, 7) is 0.893. The van der Waals surface area contributed by atoms with Crippen LogP contribution in [0.2, 0.25) is 0 Å². The largest absolute Gasteiger partial charge is 0.340 e. The second-order valence-electron chi connectivity index (χ2n) is 4.40. The molecule has 1 amide bonds. The number of carbonyl (C=O) groups is 1. The first-order chi connectivity index (χ1) is 9.26. The summed E-state index contributed by atoms with van der Waals surface area (Å²) in [5, 5.41) is 2.01. The lowest BCUT2D eigenvalue weighted by Gasteiger charge is -2.35. The van der Waals surface area contributed by atoms with Gasteiger partial charge in [-0.15, -0.1) is 0 Å². The molecule has 0 radical (unpaired) electrons. The Bertz CT molecular complexity index is 569. The van der Waals surface area contributed by atoms with Gasteiger partial charge in [0.1, 0.15) is 0 Å². The molecular formula is C13H15N3O3. The van der Waals surface area contributed by atoms with Crippen molar-refractivity contribution in [3.05, 3.63) is 36.7 Å². The van der Waals surface area contributed by atoms with Gasteiger partial charge in [0.15, 0.2) is 0 Å². The fourth-order valence-electron chi connectivity index (χ4n) is 2.26. The maximum atomic E-state index is 12.1. The van der Waals surface area contributed by atoms with E-state index >= 15 is 0 Å². The Morgan fingerprint density at radius 1 is 1.21 bits per heavy atom. The van der Waals surface area contributed by atoms with Gasteiger partial charge in [-0.3, -0.25) is 14.8 Å². The van der Waals surface area contributed by atoms with E-state index in [0.29, 0.717) is 13.2 Å². The van der Waals surface area contributed by atoms with Crippen LogP contribution < -0.4 is 11.3 Å². The summed E-state index contributed by atoms with van der Waals surface area (Å²) < 4.78 is 12.8. The lowest BCUT2D eigenvalue weighted by molar-refractivity contribution is -0.299. The predicted molar refractivity (Wildman–Crippen MR) is 68.8 cm³/mol. The summed E-state index contributed by atoms with van der Waals surface area (Å²) in [7, 11) is 0. The first kappa shape index (κ1) is 12.2. The summed E-state index contributed by atoms with van der Waals surface area (Å²) in [6, 6.07) is 7.79. The van der Waals surface area contributed by atoms with Gasteiger partial charge in [-0.25, -0.2) is 5.84 Å². The highest BCUT2D eigenvalue weighted by molar-refractivity contribution is 5.85. The van der Waals surface area contributed by atoms with E-state index in [2.05, 4.69) is 5.43 Å². The van der Waals surface area contributed by atoms with Gasteiger partial charge in [-0.1, -0.05) is 24.3 Å². The Hall–Kier alpha value is -1.89. The van der Waals surface area contributed by atoms with Crippen LogP contribution in [0.4, 0.5) is 0 Å². The molecule has 100 valence electrons. The quantitative estimate of drug-likeness (QED) is 0.473. The Labute approximate surface area is 110 Å². The van der Waals surface area contributed by atoms with Crippen LogP contribution in [0.25, 0.3) is 10.8 Å². The number of nitrogens with one attached hydrogen (secondary N) is 1. The number of carbonyl (C=O) groups excluding carboxylic acids is 1. The zero-order valence-electron chi connectivity index (χ0n) is 10.3. The van der Waals surface area contributed by atoms with Crippen LogP contribution in [0, 0.1) is 0 Å². The normalized spacial score (nSPS) is 18.4. The van der Waals surface area contributed by atoms with Gasteiger partial charge in [-0.05, 0) is 17.2 Å². The summed E-state index contributed by atoms with van der Waals surface area (Å²) in [5.41, 5.74) is 2.11. The maximum Gasteiger partial charge on any atom is 0.340 e. The second-order valence-corrected chi connectivity index (χ2v) is 4.40. The molecule has 0 bridgehead atoms. The van der Waals surface area contributed by atoms with E-state index in [-0.39, 0.29) is 0 Å². The van der Waals surface area contributed by atoms with Crippen molar-refractivity contribution in [1.29, 1.82) is 0 Å². The number of benzene rings is 1. The summed E-state index contributed by atoms with van der Waals surface area (Å²) in [6.07, 6.45) is 4.38. The third kappa shape index (κ3) is 1.90. The van der Waals surface area contributed by atoms with Crippen molar-refractivity contribution >= 4 is 16.7 Å². The van der Waals surface area contributed by atoms with Crippen molar-refractivity contribution in [1.82, 2.24) is 9.99 Å². The number of amides is 1. The number of nitrogens with zero attached hydrogens (tertiary/aromatic N) is 1. The molecule has 0 aliphatic carbocycles. The predicted octanol–water partition coefficient (Wildman–Crippen LogP) is 0.678. The molecule has 1 aromatic carbocycles. The zero-order chi connectivity index (χ0) is 13.3. The van der Waals surface area contributed by atoms with Gasteiger partial charge in [0.25, 0.3) is 0 Å². The van der Waals surface area contributed by atoms with E-state index in [9.17, 15) is 4.79 Å². The van der Waals surface area contributed by atoms with Crippen molar-refractivity contribution in [2.75, 3.05) is 13.2 Å². The number of aromatic nitrogens is 1. The number of nitrogens with two attached hydrogens (primary N) is 1. The summed E-state index contributed by atoms with van der Waals surface area (Å²) >= 11 is 0. The van der Waals surface area contributed by atoms with E-state index in [1.165, 1.54) is 0 Å². The van der Waals surface area contributed by atoms with E-state index in [1.54, 1.807) is 4.57 Å². The first-order valence-corrected chi connectivity index (χ1v) is 6.12. The van der Waals surface area contributed by atoms with Crippen LogP contribution in [0.3, 0.4) is 0 Å². The lowest BCUT2D eigenvalue weighted by atomic mass is 10.2. The number of rotatable bonds is 2. The lowest BCUT2D eigenvalue weighted by Crippen LogP contribution is -2.56. The highest BCUT2D eigenvalue weighted by atomic mass is 16.7.